The first-order chi connectivity index (χ1) is 9.54. The van der Waals surface area contributed by atoms with Crippen molar-refractivity contribution >= 4 is 5.78 Å². The Morgan fingerprint density at radius 1 is 1.10 bits per heavy atom. The Balaban J connectivity index is 2.14. The van der Waals surface area contributed by atoms with Crippen LogP contribution in [-0.2, 0) is 23.1 Å². The summed E-state index contributed by atoms with van der Waals surface area (Å²) in [5.74, 6) is 0.195. The third-order valence-corrected chi connectivity index (χ3v) is 3.83. The molecule has 0 saturated heterocycles. The summed E-state index contributed by atoms with van der Waals surface area (Å²) < 4.78 is 0. The molecular formula is C18H21NO. The van der Waals surface area contributed by atoms with E-state index in [0.29, 0.717) is 6.42 Å². The first-order valence-corrected chi connectivity index (χ1v) is 7.06. The van der Waals surface area contributed by atoms with Crippen molar-refractivity contribution in [2.45, 2.75) is 39.0 Å². The fourth-order valence-corrected chi connectivity index (χ4v) is 2.17. The number of hydrogen-bond donors (Lipinski definition) is 0. The number of rotatable bonds is 5. The molecule has 0 aliphatic carbocycles. The Kier molecular flexibility index (Phi) is 4.33. The van der Waals surface area contributed by atoms with Gasteiger partial charge < -0.3 is 0 Å². The van der Waals surface area contributed by atoms with Crippen LogP contribution in [0.15, 0.2) is 48.7 Å². The van der Waals surface area contributed by atoms with Gasteiger partial charge in [-0.25, -0.2) is 0 Å². The summed E-state index contributed by atoms with van der Waals surface area (Å²) in [6, 6.07) is 13.9. The van der Waals surface area contributed by atoms with E-state index in [4.69, 9.17) is 0 Å². The second-order valence-electron chi connectivity index (χ2n) is 5.60. The van der Waals surface area contributed by atoms with Gasteiger partial charge in [-0.1, -0.05) is 43.3 Å². The number of aromatic nitrogens is 1. The topological polar surface area (TPSA) is 30.0 Å². The van der Waals surface area contributed by atoms with E-state index in [0.717, 1.165) is 17.7 Å². The number of ketones is 1. The Bertz CT molecular complexity index is 570. The lowest BCUT2D eigenvalue weighted by Gasteiger charge is -2.23. The number of aryl methyl sites for hydroxylation is 1. The first kappa shape index (κ1) is 14.4. The smallest absolute Gasteiger partial charge is 0.148 e. The van der Waals surface area contributed by atoms with E-state index in [1.807, 2.05) is 62.5 Å². The van der Waals surface area contributed by atoms with Crippen LogP contribution in [0.25, 0.3) is 0 Å². The predicted octanol–water partition coefficient (Wildman–Crippen LogP) is 3.73. The van der Waals surface area contributed by atoms with Crippen LogP contribution in [0, 0.1) is 0 Å². The maximum Gasteiger partial charge on any atom is 0.148 e. The van der Waals surface area contributed by atoms with E-state index in [9.17, 15) is 4.79 Å². The molecule has 20 heavy (non-hydrogen) atoms. The van der Waals surface area contributed by atoms with E-state index in [-0.39, 0.29) is 5.78 Å². The monoisotopic (exact) mass is 267 g/mol. The fourth-order valence-electron chi connectivity index (χ4n) is 2.17. The largest absolute Gasteiger partial charge is 0.298 e. The van der Waals surface area contributed by atoms with Crippen molar-refractivity contribution in [1.29, 1.82) is 0 Å². The van der Waals surface area contributed by atoms with E-state index in [1.54, 1.807) is 0 Å². The molecule has 0 unspecified atom stereocenters. The summed E-state index contributed by atoms with van der Waals surface area (Å²) in [4.78, 5) is 16.9. The van der Waals surface area contributed by atoms with E-state index in [2.05, 4.69) is 11.9 Å². The molecule has 2 rings (SSSR count). The van der Waals surface area contributed by atoms with Crippen LogP contribution >= 0.6 is 0 Å². The lowest BCUT2D eigenvalue weighted by molar-refractivity contribution is -0.122. The number of hydrogen-bond acceptors (Lipinski definition) is 2. The number of nitrogens with zero attached hydrogens (tertiary/aromatic N) is 1. The second-order valence-corrected chi connectivity index (χ2v) is 5.60. The standard InChI is InChI=1S/C18H21NO/c1-4-14-10-11-16(19-13-14)12-17(20)18(2,3)15-8-6-5-7-9-15/h5-11,13H,4,12H2,1-3H3. The van der Waals surface area contributed by atoms with Crippen LogP contribution < -0.4 is 0 Å². The molecule has 2 aromatic rings. The quantitative estimate of drug-likeness (QED) is 0.826. The summed E-state index contributed by atoms with van der Waals surface area (Å²) in [5.41, 5.74) is 2.61. The van der Waals surface area contributed by atoms with Crippen molar-refractivity contribution in [3.05, 3.63) is 65.5 Å². The molecule has 0 spiro atoms. The van der Waals surface area contributed by atoms with Gasteiger partial charge in [-0.2, -0.15) is 0 Å². The zero-order chi connectivity index (χ0) is 14.6. The molecule has 104 valence electrons. The number of benzene rings is 1. The molecule has 0 aliphatic rings. The SMILES string of the molecule is CCc1ccc(CC(=O)C(C)(C)c2ccccc2)nc1. The molecule has 1 aromatic carbocycles. The molecule has 0 fully saturated rings. The Hall–Kier alpha value is -1.96. The van der Waals surface area contributed by atoms with Crippen molar-refractivity contribution < 1.29 is 4.79 Å². The Labute approximate surface area is 120 Å². The normalized spacial score (nSPS) is 11.3. The van der Waals surface area contributed by atoms with Crippen LogP contribution in [0.4, 0.5) is 0 Å². The van der Waals surface area contributed by atoms with Gasteiger partial charge in [0.2, 0.25) is 0 Å². The highest BCUT2D eigenvalue weighted by atomic mass is 16.1. The number of Topliss-reactive ketones (excluding diaryl/α,β-unsaturated/α-hetero) is 1. The third kappa shape index (κ3) is 3.13. The van der Waals surface area contributed by atoms with Gasteiger partial charge >= 0.3 is 0 Å². The molecule has 0 bridgehead atoms. The average molecular weight is 267 g/mol. The number of carbonyl (C=O) groups excluding carboxylic acids is 1. The molecule has 0 saturated carbocycles. The lowest BCUT2D eigenvalue weighted by Crippen LogP contribution is -2.30. The molecule has 1 aromatic heterocycles. The van der Waals surface area contributed by atoms with Gasteiger partial charge in [-0.3, -0.25) is 9.78 Å². The molecule has 0 amide bonds. The maximum atomic E-state index is 12.5. The van der Waals surface area contributed by atoms with Crippen molar-refractivity contribution in [2.24, 2.45) is 0 Å². The second kappa shape index (κ2) is 6.00. The Morgan fingerprint density at radius 2 is 1.80 bits per heavy atom. The molecular weight excluding hydrogens is 246 g/mol. The summed E-state index contributed by atoms with van der Waals surface area (Å²) in [6.07, 6.45) is 3.21. The zero-order valence-electron chi connectivity index (χ0n) is 12.4. The molecule has 0 radical (unpaired) electrons. The van der Waals surface area contributed by atoms with E-state index < -0.39 is 5.41 Å². The molecule has 2 nitrogen and oxygen atoms in total. The van der Waals surface area contributed by atoms with Gasteiger partial charge in [0.1, 0.15) is 5.78 Å². The van der Waals surface area contributed by atoms with Gasteiger partial charge in [0, 0.05) is 23.7 Å². The summed E-state index contributed by atoms with van der Waals surface area (Å²) in [5, 5.41) is 0. The van der Waals surface area contributed by atoms with Crippen LogP contribution in [0.3, 0.4) is 0 Å². The summed E-state index contributed by atoms with van der Waals surface area (Å²) >= 11 is 0. The van der Waals surface area contributed by atoms with Crippen LogP contribution in [0.2, 0.25) is 0 Å². The molecule has 0 aliphatic heterocycles. The van der Waals surface area contributed by atoms with Crippen molar-refractivity contribution in [3.8, 4) is 0 Å². The van der Waals surface area contributed by atoms with Crippen LogP contribution in [0.5, 0.6) is 0 Å². The highest BCUT2D eigenvalue weighted by Gasteiger charge is 2.29. The van der Waals surface area contributed by atoms with Gasteiger partial charge in [0.25, 0.3) is 0 Å². The third-order valence-electron chi connectivity index (χ3n) is 3.83. The van der Waals surface area contributed by atoms with Gasteiger partial charge in [-0.05, 0) is 37.5 Å². The minimum atomic E-state index is -0.480. The van der Waals surface area contributed by atoms with Gasteiger partial charge in [-0.15, -0.1) is 0 Å². The van der Waals surface area contributed by atoms with Crippen molar-refractivity contribution in [3.63, 3.8) is 0 Å². The number of carbonyl (C=O) groups is 1. The molecule has 0 atom stereocenters. The van der Waals surface area contributed by atoms with Crippen molar-refractivity contribution in [2.75, 3.05) is 0 Å². The molecule has 1 heterocycles. The fraction of sp³-hybridized carbons (Fsp3) is 0.333. The highest BCUT2D eigenvalue weighted by Crippen LogP contribution is 2.25. The van der Waals surface area contributed by atoms with Gasteiger partial charge in [0.05, 0.1) is 0 Å². The lowest BCUT2D eigenvalue weighted by atomic mass is 9.79. The minimum absolute atomic E-state index is 0.195. The van der Waals surface area contributed by atoms with Gasteiger partial charge in [0.15, 0.2) is 0 Å². The Morgan fingerprint density at radius 3 is 2.35 bits per heavy atom. The van der Waals surface area contributed by atoms with Crippen LogP contribution in [0.1, 0.15) is 37.6 Å². The zero-order valence-corrected chi connectivity index (χ0v) is 12.4. The average Bonchev–Trinajstić information content (AvgIpc) is 2.49. The summed E-state index contributed by atoms with van der Waals surface area (Å²) in [7, 11) is 0. The van der Waals surface area contributed by atoms with Crippen LogP contribution in [-0.4, -0.2) is 10.8 Å². The highest BCUT2D eigenvalue weighted by molar-refractivity contribution is 5.90. The summed E-state index contributed by atoms with van der Waals surface area (Å²) in [6.45, 7) is 6.05. The maximum absolute atomic E-state index is 12.5. The molecule has 0 N–H and O–H groups in total. The predicted molar refractivity (Wildman–Crippen MR) is 81.8 cm³/mol. The van der Waals surface area contributed by atoms with Crippen molar-refractivity contribution in [1.82, 2.24) is 4.98 Å². The first-order valence-electron chi connectivity index (χ1n) is 7.06. The van der Waals surface area contributed by atoms with E-state index in [1.165, 1.54) is 5.56 Å². The van der Waals surface area contributed by atoms with E-state index >= 15 is 0 Å². The molecule has 2 heteroatoms. The number of pyridine rings is 1. The minimum Gasteiger partial charge on any atom is -0.298 e.